The zero-order valence-electron chi connectivity index (χ0n) is 14.3. The van der Waals surface area contributed by atoms with Crippen LogP contribution >= 0.6 is 0 Å². The van der Waals surface area contributed by atoms with Crippen LogP contribution in [0.4, 0.5) is 11.5 Å². The topological polar surface area (TPSA) is 83.1 Å². The summed E-state index contributed by atoms with van der Waals surface area (Å²) < 4.78 is 22.9. The molecule has 0 radical (unpaired) electrons. The van der Waals surface area contributed by atoms with Crippen LogP contribution in [0.5, 0.6) is 0 Å². The van der Waals surface area contributed by atoms with E-state index >= 15 is 0 Å². The molecule has 0 bridgehead atoms. The van der Waals surface area contributed by atoms with E-state index in [0.29, 0.717) is 10.9 Å². The van der Waals surface area contributed by atoms with Crippen LogP contribution in [-0.4, -0.2) is 45.3 Å². The molecule has 0 aliphatic carbocycles. The highest BCUT2D eigenvalue weighted by Gasteiger charge is 2.16. The minimum atomic E-state index is -3.11. The Morgan fingerprint density at radius 1 is 1.24 bits per heavy atom. The summed E-state index contributed by atoms with van der Waals surface area (Å²) in [6, 6.07) is 11.4. The van der Waals surface area contributed by atoms with E-state index in [4.69, 9.17) is 0 Å². The Morgan fingerprint density at radius 2 is 2.04 bits per heavy atom. The second-order valence-electron chi connectivity index (χ2n) is 6.35. The fourth-order valence-electron chi connectivity index (χ4n) is 2.86. The van der Waals surface area contributed by atoms with Gasteiger partial charge in [-0.15, -0.1) is 0 Å². The molecule has 0 unspecified atom stereocenters. The zero-order chi connectivity index (χ0) is 17.7. The van der Waals surface area contributed by atoms with E-state index in [1.165, 1.54) is 6.26 Å². The Hall–Kier alpha value is -2.12. The molecule has 1 aromatic carbocycles. The highest BCUT2D eigenvalue weighted by atomic mass is 32.2. The quantitative estimate of drug-likeness (QED) is 0.654. The molecule has 0 saturated heterocycles. The predicted octanol–water partition coefficient (Wildman–Crippen LogP) is 1.91. The van der Waals surface area contributed by atoms with Gasteiger partial charge in [-0.3, -0.25) is 0 Å². The van der Waals surface area contributed by atoms with Crippen molar-refractivity contribution in [2.75, 3.05) is 36.5 Å². The summed E-state index contributed by atoms with van der Waals surface area (Å²) in [5.41, 5.74) is 2.21. The number of aryl methyl sites for hydroxylation is 1. The lowest BCUT2D eigenvalue weighted by molar-refractivity contribution is 0.592. The van der Waals surface area contributed by atoms with Crippen molar-refractivity contribution in [2.45, 2.75) is 23.8 Å². The van der Waals surface area contributed by atoms with Crippen molar-refractivity contribution in [3.05, 3.63) is 48.2 Å². The Balaban J connectivity index is 1.37. The number of nitrogens with zero attached hydrogens (tertiary/aromatic N) is 1. The maximum atomic E-state index is 11.4. The van der Waals surface area contributed by atoms with Gasteiger partial charge in [-0.05, 0) is 49.2 Å². The van der Waals surface area contributed by atoms with Gasteiger partial charge < -0.3 is 16.0 Å². The van der Waals surface area contributed by atoms with Crippen molar-refractivity contribution in [1.82, 2.24) is 10.3 Å². The van der Waals surface area contributed by atoms with Crippen molar-refractivity contribution in [3.63, 3.8) is 0 Å². The summed E-state index contributed by atoms with van der Waals surface area (Å²) in [5.74, 6) is 0.909. The van der Waals surface area contributed by atoms with Gasteiger partial charge in [0, 0.05) is 25.5 Å². The zero-order valence-corrected chi connectivity index (χ0v) is 15.1. The summed E-state index contributed by atoms with van der Waals surface area (Å²) in [4.78, 5) is 4.71. The van der Waals surface area contributed by atoms with Crippen molar-refractivity contribution in [2.24, 2.45) is 0 Å². The molecule has 1 aromatic heterocycles. The maximum absolute atomic E-state index is 11.4. The molecule has 6 nitrogen and oxygen atoms in total. The van der Waals surface area contributed by atoms with E-state index in [-0.39, 0.29) is 0 Å². The Morgan fingerprint density at radius 3 is 2.80 bits per heavy atom. The number of fused-ring (bicyclic) bond motifs is 1. The fraction of sp³-hybridized carbons (Fsp3) is 0.389. The largest absolute Gasteiger partial charge is 0.380 e. The average Bonchev–Trinajstić information content (AvgIpc) is 2.61. The fourth-order valence-corrected chi connectivity index (χ4v) is 3.49. The second kappa shape index (κ2) is 7.84. The van der Waals surface area contributed by atoms with E-state index in [1.807, 2.05) is 24.3 Å². The number of hydrogen-bond donors (Lipinski definition) is 3. The minimum absolute atomic E-state index is 0.316. The van der Waals surface area contributed by atoms with Gasteiger partial charge in [0.1, 0.15) is 5.82 Å². The van der Waals surface area contributed by atoms with Crippen molar-refractivity contribution >= 4 is 21.3 Å². The summed E-state index contributed by atoms with van der Waals surface area (Å²) in [6.07, 6.45) is 4.96. The van der Waals surface area contributed by atoms with Gasteiger partial charge >= 0.3 is 0 Å². The summed E-state index contributed by atoms with van der Waals surface area (Å²) in [5, 5.41) is 10.3. The van der Waals surface area contributed by atoms with Gasteiger partial charge in [-0.1, -0.05) is 12.1 Å². The molecular weight excluding hydrogens is 336 g/mol. The molecule has 0 saturated carbocycles. The molecular formula is C18H24N4O2S. The Labute approximate surface area is 149 Å². The number of pyridine rings is 1. The van der Waals surface area contributed by atoms with Crippen LogP contribution < -0.4 is 16.0 Å². The number of rotatable bonds is 7. The molecule has 1 atom stereocenters. The third kappa shape index (κ3) is 4.93. The van der Waals surface area contributed by atoms with Gasteiger partial charge in [0.05, 0.1) is 16.6 Å². The van der Waals surface area contributed by atoms with E-state index in [2.05, 4.69) is 20.9 Å². The van der Waals surface area contributed by atoms with Crippen molar-refractivity contribution < 1.29 is 8.42 Å². The van der Waals surface area contributed by atoms with Gasteiger partial charge in [0.15, 0.2) is 9.84 Å². The number of anilines is 2. The second-order valence-corrected chi connectivity index (χ2v) is 8.36. The molecule has 3 N–H and O–H groups in total. The van der Waals surface area contributed by atoms with Crippen molar-refractivity contribution in [1.29, 1.82) is 0 Å². The molecule has 0 amide bonds. The third-order valence-electron chi connectivity index (χ3n) is 4.25. The molecule has 0 fully saturated rings. The van der Waals surface area contributed by atoms with Gasteiger partial charge in [-0.2, -0.15) is 0 Å². The summed E-state index contributed by atoms with van der Waals surface area (Å²) >= 11 is 0. The first-order valence-corrected chi connectivity index (χ1v) is 10.4. The molecule has 2 aromatic rings. The van der Waals surface area contributed by atoms with E-state index in [1.54, 1.807) is 18.3 Å². The van der Waals surface area contributed by atoms with Crippen LogP contribution in [0.15, 0.2) is 47.5 Å². The van der Waals surface area contributed by atoms with Crippen LogP contribution in [0.3, 0.4) is 0 Å². The van der Waals surface area contributed by atoms with Crippen LogP contribution in [0, 0.1) is 0 Å². The third-order valence-corrected chi connectivity index (χ3v) is 5.38. The molecule has 1 aliphatic rings. The first-order valence-electron chi connectivity index (χ1n) is 8.47. The SMILES string of the molecule is CS(=O)(=O)c1ccc(CCCNC[C@H]2CNc3cccnc3N2)cc1. The van der Waals surface area contributed by atoms with Crippen LogP contribution in [0.2, 0.25) is 0 Å². The molecule has 0 spiro atoms. The van der Waals surface area contributed by atoms with Crippen LogP contribution in [-0.2, 0) is 16.3 Å². The Bertz CT molecular complexity index is 806. The molecule has 2 heterocycles. The predicted molar refractivity (Wildman–Crippen MR) is 101 cm³/mol. The standard InChI is InChI=1S/C18H24N4O2S/c1-25(23,24)16-8-6-14(7-9-16)4-2-10-19-12-15-13-21-17-5-3-11-20-18(17)22-15/h3,5-9,11,15,19,21H,2,4,10,12-13H2,1H3,(H,20,22)/t15-/m0/s1. The first-order chi connectivity index (χ1) is 12.0. The smallest absolute Gasteiger partial charge is 0.175 e. The Kier molecular flexibility index (Phi) is 5.55. The molecule has 1 aliphatic heterocycles. The number of hydrogen-bond acceptors (Lipinski definition) is 6. The molecule has 7 heteroatoms. The van der Waals surface area contributed by atoms with Crippen LogP contribution in [0.25, 0.3) is 0 Å². The summed E-state index contributed by atoms with van der Waals surface area (Å²) in [6.45, 7) is 2.66. The van der Waals surface area contributed by atoms with Gasteiger partial charge in [0.25, 0.3) is 0 Å². The first kappa shape index (κ1) is 17.7. The van der Waals surface area contributed by atoms with Crippen molar-refractivity contribution in [3.8, 4) is 0 Å². The summed E-state index contributed by atoms with van der Waals surface area (Å²) in [7, 11) is -3.11. The molecule has 25 heavy (non-hydrogen) atoms. The molecule has 134 valence electrons. The number of nitrogens with one attached hydrogen (secondary N) is 3. The van der Waals surface area contributed by atoms with E-state index in [9.17, 15) is 8.42 Å². The lowest BCUT2D eigenvalue weighted by atomic mass is 10.1. The normalized spacial score (nSPS) is 16.6. The van der Waals surface area contributed by atoms with E-state index < -0.39 is 9.84 Å². The maximum Gasteiger partial charge on any atom is 0.175 e. The average molecular weight is 360 g/mol. The minimum Gasteiger partial charge on any atom is -0.380 e. The lowest BCUT2D eigenvalue weighted by Crippen LogP contribution is -2.41. The number of sulfone groups is 1. The van der Waals surface area contributed by atoms with Crippen LogP contribution in [0.1, 0.15) is 12.0 Å². The lowest BCUT2D eigenvalue weighted by Gasteiger charge is -2.27. The monoisotopic (exact) mass is 360 g/mol. The molecule has 3 rings (SSSR count). The van der Waals surface area contributed by atoms with Gasteiger partial charge in [0.2, 0.25) is 0 Å². The van der Waals surface area contributed by atoms with Gasteiger partial charge in [-0.25, -0.2) is 13.4 Å². The highest BCUT2D eigenvalue weighted by Crippen LogP contribution is 2.22. The van der Waals surface area contributed by atoms with E-state index in [0.717, 1.165) is 49.5 Å². The highest BCUT2D eigenvalue weighted by molar-refractivity contribution is 7.90. The number of aromatic nitrogens is 1. The number of benzene rings is 1.